The van der Waals surface area contributed by atoms with Gasteiger partial charge in [-0.25, -0.2) is 0 Å². The minimum atomic E-state index is -0.0502. The van der Waals surface area contributed by atoms with Crippen molar-refractivity contribution in [3.63, 3.8) is 0 Å². The first-order chi connectivity index (χ1) is 8.20. The Morgan fingerprint density at radius 2 is 2.41 bits per heavy atom. The minimum Gasteiger partial charge on any atom is -0.394 e. The number of aliphatic hydroxyl groups excluding tert-OH is 1. The highest BCUT2D eigenvalue weighted by atomic mass is 32.1. The first kappa shape index (κ1) is 12.3. The molecule has 92 valence electrons. The van der Waals surface area contributed by atoms with E-state index in [-0.39, 0.29) is 12.6 Å². The molecule has 0 radical (unpaired) electrons. The van der Waals surface area contributed by atoms with Crippen LogP contribution in [0.3, 0.4) is 0 Å². The number of nitrogens with one attached hydrogen (secondary N) is 1. The molecular formula is C12H17N3OS. The fraction of sp³-hybridized carbons (Fsp3) is 0.417. The minimum absolute atomic E-state index is 0.0502. The van der Waals surface area contributed by atoms with E-state index in [1.165, 1.54) is 4.88 Å². The number of hydrogen-bond acceptors (Lipinski definition) is 4. The van der Waals surface area contributed by atoms with Crippen LogP contribution in [-0.4, -0.2) is 21.5 Å². The number of hydrogen-bond donors (Lipinski definition) is 2. The largest absolute Gasteiger partial charge is 0.394 e. The van der Waals surface area contributed by atoms with Gasteiger partial charge in [-0.2, -0.15) is 5.10 Å². The second-order valence-electron chi connectivity index (χ2n) is 4.04. The summed E-state index contributed by atoms with van der Waals surface area (Å²) in [6, 6.07) is 4.07. The summed E-state index contributed by atoms with van der Waals surface area (Å²) in [5.41, 5.74) is 2.02. The average molecular weight is 251 g/mol. The second kappa shape index (κ2) is 5.44. The molecule has 5 heteroatoms. The fourth-order valence-electron chi connectivity index (χ4n) is 1.87. The standard InChI is InChI=1S/C12H17N3OS/c1-9-11(7-15(2)14-9)12(8-16)13-6-10-4-3-5-17-10/h3-5,7,12-13,16H,6,8H2,1-2H3. The lowest BCUT2D eigenvalue weighted by Crippen LogP contribution is -2.23. The molecule has 2 heterocycles. The molecule has 0 spiro atoms. The Bertz CT molecular complexity index is 464. The van der Waals surface area contributed by atoms with E-state index in [1.54, 1.807) is 16.0 Å². The van der Waals surface area contributed by atoms with Crippen LogP contribution in [0.5, 0.6) is 0 Å². The number of aliphatic hydroxyl groups is 1. The fourth-order valence-corrected chi connectivity index (χ4v) is 2.53. The normalized spacial score (nSPS) is 12.9. The molecule has 0 aliphatic heterocycles. The Kier molecular flexibility index (Phi) is 3.93. The summed E-state index contributed by atoms with van der Waals surface area (Å²) >= 11 is 1.72. The lowest BCUT2D eigenvalue weighted by atomic mass is 10.1. The third kappa shape index (κ3) is 2.94. The Morgan fingerprint density at radius 3 is 2.94 bits per heavy atom. The second-order valence-corrected chi connectivity index (χ2v) is 5.07. The van der Waals surface area contributed by atoms with Gasteiger partial charge in [0.25, 0.3) is 0 Å². The third-order valence-electron chi connectivity index (χ3n) is 2.71. The third-order valence-corrected chi connectivity index (χ3v) is 3.59. The predicted octanol–water partition coefficient (Wildman–Crippen LogP) is 1.61. The molecule has 2 aromatic rings. The first-order valence-electron chi connectivity index (χ1n) is 5.57. The van der Waals surface area contributed by atoms with Gasteiger partial charge in [-0.15, -0.1) is 11.3 Å². The van der Waals surface area contributed by atoms with Crippen molar-refractivity contribution < 1.29 is 5.11 Å². The molecule has 2 rings (SSSR count). The zero-order valence-electron chi connectivity index (χ0n) is 10.1. The van der Waals surface area contributed by atoms with Crippen molar-refractivity contribution in [3.8, 4) is 0 Å². The van der Waals surface area contributed by atoms with Gasteiger partial charge >= 0.3 is 0 Å². The Balaban J connectivity index is 2.04. The van der Waals surface area contributed by atoms with E-state index in [2.05, 4.69) is 21.9 Å². The van der Waals surface area contributed by atoms with Crippen molar-refractivity contribution in [3.05, 3.63) is 39.8 Å². The zero-order chi connectivity index (χ0) is 12.3. The maximum absolute atomic E-state index is 9.45. The molecule has 1 unspecified atom stereocenters. The molecule has 0 aromatic carbocycles. The Morgan fingerprint density at radius 1 is 1.59 bits per heavy atom. The quantitative estimate of drug-likeness (QED) is 0.849. The van der Waals surface area contributed by atoms with Crippen molar-refractivity contribution in [1.82, 2.24) is 15.1 Å². The maximum atomic E-state index is 9.45. The molecule has 0 bridgehead atoms. The van der Waals surface area contributed by atoms with Crippen LogP contribution in [0.2, 0.25) is 0 Å². The first-order valence-corrected chi connectivity index (χ1v) is 6.45. The van der Waals surface area contributed by atoms with Crippen LogP contribution in [-0.2, 0) is 13.6 Å². The SMILES string of the molecule is Cc1nn(C)cc1C(CO)NCc1cccs1. The molecule has 0 saturated carbocycles. The van der Waals surface area contributed by atoms with Crippen LogP contribution in [0, 0.1) is 6.92 Å². The van der Waals surface area contributed by atoms with Crippen molar-refractivity contribution >= 4 is 11.3 Å². The van der Waals surface area contributed by atoms with Crippen LogP contribution < -0.4 is 5.32 Å². The van der Waals surface area contributed by atoms with E-state index in [4.69, 9.17) is 0 Å². The highest BCUT2D eigenvalue weighted by molar-refractivity contribution is 7.09. The monoisotopic (exact) mass is 251 g/mol. The predicted molar refractivity (Wildman–Crippen MR) is 68.9 cm³/mol. The van der Waals surface area contributed by atoms with Gasteiger partial charge in [-0.1, -0.05) is 6.07 Å². The molecular weight excluding hydrogens is 234 g/mol. The highest BCUT2D eigenvalue weighted by Crippen LogP contribution is 2.17. The van der Waals surface area contributed by atoms with Gasteiger partial charge in [-0.3, -0.25) is 4.68 Å². The van der Waals surface area contributed by atoms with Crippen molar-refractivity contribution in [2.75, 3.05) is 6.61 Å². The molecule has 0 aliphatic carbocycles. The smallest absolute Gasteiger partial charge is 0.0642 e. The van der Waals surface area contributed by atoms with Gasteiger partial charge in [0.05, 0.1) is 18.3 Å². The van der Waals surface area contributed by atoms with Crippen molar-refractivity contribution in [2.45, 2.75) is 19.5 Å². The maximum Gasteiger partial charge on any atom is 0.0642 e. The van der Waals surface area contributed by atoms with E-state index in [0.29, 0.717) is 0 Å². The lowest BCUT2D eigenvalue weighted by molar-refractivity contribution is 0.243. The van der Waals surface area contributed by atoms with Crippen LogP contribution >= 0.6 is 11.3 Å². The summed E-state index contributed by atoms with van der Waals surface area (Å²) in [6.45, 7) is 2.82. The summed E-state index contributed by atoms with van der Waals surface area (Å²) in [5, 5.41) is 19.1. The molecule has 0 fully saturated rings. The van der Waals surface area contributed by atoms with Crippen LogP contribution in [0.4, 0.5) is 0 Å². The average Bonchev–Trinajstić information content (AvgIpc) is 2.90. The number of thiophene rings is 1. The van der Waals surface area contributed by atoms with Gasteiger partial charge in [0.1, 0.15) is 0 Å². The number of aryl methyl sites for hydroxylation is 2. The molecule has 0 amide bonds. The Labute approximate surface area is 105 Å². The summed E-state index contributed by atoms with van der Waals surface area (Å²) in [7, 11) is 1.89. The number of nitrogens with zero attached hydrogens (tertiary/aromatic N) is 2. The van der Waals surface area contributed by atoms with Crippen LogP contribution in [0.15, 0.2) is 23.7 Å². The summed E-state index contributed by atoms with van der Waals surface area (Å²) in [5.74, 6) is 0. The number of aromatic nitrogens is 2. The van der Waals surface area contributed by atoms with Gasteiger partial charge in [-0.05, 0) is 18.4 Å². The summed E-state index contributed by atoms with van der Waals surface area (Å²) < 4.78 is 1.78. The van der Waals surface area contributed by atoms with Crippen molar-refractivity contribution in [2.24, 2.45) is 7.05 Å². The van der Waals surface area contributed by atoms with Gasteiger partial charge < -0.3 is 10.4 Å². The molecule has 4 nitrogen and oxygen atoms in total. The zero-order valence-corrected chi connectivity index (χ0v) is 10.9. The summed E-state index contributed by atoms with van der Waals surface area (Å²) in [6.07, 6.45) is 1.96. The Hall–Kier alpha value is -1.17. The molecule has 1 atom stereocenters. The molecule has 0 aliphatic rings. The van der Waals surface area contributed by atoms with Crippen LogP contribution in [0.1, 0.15) is 22.2 Å². The van der Waals surface area contributed by atoms with E-state index < -0.39 is 0 Å². The molecule has 17 heavy (non-hydrogen) atoms. The highest BCUT2D eigenvalue weighted by Gasteiger charge is 2.15. The van der Waals surface area contributed by atoms with Gasteiger partial charge in [0, 0.05) is 30.2 Å². The lowest BCUT2D eigenvalue weighted by Gasteiger charge is -2.14. The molecule has 0 saturated heterocycles. The van der Waals surface area contributed by atoms with E-state index in [1.807, 2.05) is 26.2 Å². The van der Waals surface area contributed by atoms with E-state index in [9.17, 15) is 5.11 Å². The van der Waals surface area contributed by atoms with E-state index in [0.717, 1.165) is 17.8 Å². The van der Waals surface area contributed by atoms with Crippen molar-refractivity contribution in [1.29, 1.82) is 0 Å². The summed E-state index contributed by atoms with van der Waals surface area (Å²) in [4.78, 5) is 1.27. The van der Waals surface area contributed by atoms with Crippen LogP contribution in [0.25, 0.3) is 0 Å². The van der Waals surface area contributed by atoms with E-state index >= 15 is 0 Å². The van der Waals surface area contributed by atoms with Gasteiger partial charge in [0.2, 0.25) is 0 Å². The topological polar surface area (TPSA) is 50.1 Å². The number of rotatable bonds is 5. The molecule has 2 N–H and O–H groups in total. The molecule has 2 aromatic heterocycles. The van der Waals surface area contributed by atoms with Gasteiger partial charge in [0.15, 0.2) is 0 Å².